The molecule has 0 radical (unpaired) electrons. The second-order valence-electron chi connectivity index (χ2n) is 7.75. The molecule has 0 saturated carbocycles. The summed E-state index contributed by atoms with van der Waals surface area (Å²) in [7, 11) is 0.672. The summed E-state index contributed by atoms with van der Waals surface area (Å²) in [6, 6.07) is 11.5. The summed E-state index contributed by atoms with van der Waals surface area (Å²) in [5.74, 6) is 1.03. The Morgan fingerprint density at radius 1 is 1.00 bits per heavy atom. The van der Waals surface area contributed by atoms with Crippen LogP contribution in [-0.4, -0.2) is 48.0 Å². The number of rotatable bonds is 7. The monoisotopic (exact) mass is 484 g/mol. The molecule has 0 N–H and O–H groups in total. The highest BCUT2D eigenvalue weighted by molar-refractivity contribution is 7.89. The van der Waals surface area contributed by atoms with Gasteiger partial charge >= 0.3 is 11.1 Å². The Morgan fingerprint density at radius 2 is 1.68 bits per heavy atom. The van der Waals surface area contributed by atoms with E-state index in [0.29, 0.717) is 33.9 Å². The molecule has 0 aliphatic carbocycles. The molecule has 0 amide bonds. The Hall–Kier alpha value is -3.70. The first-order valence-electron chi connectivity index (χ1n) is 10.5. The van der Waals surface area contributed by atoms with Crippen molar-refractivity contribution in [2.45, 2.75) is 24.9 Å². The number of methoxy groups -OCH3 is 1. The largest absolute Gasteiger partial charge is 0.497 e. The SMILES string of the molecule is CCn1c(=O)c(=O)n(Cc2coc(-c3ccc(OC)cc3)n2)c2cc(S(=O)(=O)N(C)C)ccc21. The predicted molar refractivity (Wildman–Crippen MR) is 127 cm³/mol. The van der Waals surface area contributed by atoms with Crippen molar-refractivity contribution in [3.63, 3.8) is 0 Å². The highest BCUT2D eigenvalue weighted by Crippen LogP contribution is 2.23. The molecule has 0 atom stereocenters. The average molecular weight is 485 g/mol. The quantitative estimate of drug-likeness (QED) is 0.369. The Morgan fingerprint density at radius 3 is 2.29 bits per heavy atom. The second-order valence-corrected chi connectivity index (χ2v) is 9.90. The van der Waals surface area contributed by atoms with Gasteiger partial charge in [0.2, 0.25) is 15.9 Å². The highest BCUT2D eigenvalue weighted by atomic mass is 32.2. The maximum Gasteiger partial charge on any atom is 0.317 e. The van der Waals surface area contributed by atoms with E-state index in [1.165, 1.54) is 47.7 Å². The van der Waals surface area contributed by atoms with Crippen molar-refractivity contribution in [2.24, 2.45) is 0 Å². The number of nitrogens with zero attached hydrogens (tertiary/aromatic N) is 4. The number of sulfonamides is 1. The van der Waals surface area contributed by atoms with E-state index in [1.807, 2.05) is 0 Å². The number of oxazole rings is 1. The summed E-state index contributed by atoms with van der Waals surface area (Å²) in [5.41, 5.74) is 0.403. The van der Waals surface area contributed by atoms with Gasteiger partial charge in [-0.1, -0.05) is 0 Å². The van der Waals surface area contributed by atoms with Gasteiger partial charge < -0.3 is 13.7 Å². The molecule has 0 aliphatic rings. The lowest BCUT2D eigenvalue weighted by molar-refractivity contribution is 0.415. The fourth-order valence-corrected chi connectivity index (χ4v) is 4.57. The minimum absolute atomic E-state index is 0.0125. The standard InChI is InChI=1S/C23H24N4O6S/c1-5-26-19-11-10-18(34(30,31)25(2)3)12-20(19)27(23(29)22(26)28)13-16-14-33-21(24-16)15-6-8-17(32-4)9-7-15/h6-12,14H,5,13H2,1-4H3. The molecule has 0 saturated heterocycles. The van der Waals surface area contributed by atoms with Crippen LogP contribution in [0.5, 0.6) is 5.75 Å². The second kappa shape index (κ2) is 8.92. The molecule has 2 aromatic carbocycles. The van der Waals surface area contributed by atoms with Crippen LogP contribution in [0, 0.1) is 0 Å². The third-order valence-corrected chi connectivity index (χ3v) is 7.32. The van der Waals surface area contributed by atoms with Crippen LogP contribution in [0.15, 0.2) is 67.6 Å². The number of hydrogen-bond donors (Lipinski definition) is 0. The minimum Gasteiger partial charge on any atom is -0.497 e. The minimum atomic E-state index is -3.75. The number of hydrogen-bond acceptors (Lipinski definition) is 7. The van der Waals surface area contributed by atoms with E-state index in [1.54, 1.807) is 38.3 Å². The summed E-state index contributed by atoms with van der Waals surface area (Å²) in [6.07, 6.45) is 1.41. The van der Waals surface area contributed by atoms with Gasteiger partial charge in [0, 0.05) is 26.2 Å². The molecule has 0 spiro atoms. The number of benzene rings is 2. The number of ether oxygens (including phenoxy) is 1. The van der Waals surface area contributed by atoms with Crippen molar-refractivity contribution in [3.05, 3.63) is 75.1 Å². The van der Waals surface area contributed by atoms with Crippen LogP contribution < -0.4 is 15.9 Å². The van der Waals surface area contributed by atoms with Crippen molar-refractivity contribution < 1.29 is 17.6 Å². The summed E-state index contributed by atoms with van der Waals surface area (Å²) in [5, 5.41) is 0. The van der Waals surface area contributed by atoms with E-state index in [-0.39, 0.29) is 18.0 Å². The molecule has 2 heterocycles. The maximum atomic E-state index is 13.0. The normalized spacial score (nSPS) is 11.9. The van der Waals surface area contributed by atoms with E-state index in [0.717, 1.165) is 4.31 Å². The fraction of sp³-hybridized carbons (Fsp3) is 0.261. The number of aryl methyl sites for hydroxylation is 1. The number of fused-ring (bicyclic) bond motifs is 1. The zero-order chi connectivity index (χ0) is 24.6. The Balaban J connectivity index is 1.85. The lowest BCUT2D eigenvalue weighted by atomic mass is 10.2. The molecule has 11 heteroatoms. The molecule has 178 valence electrons. The zero-order valence-electron chi connectivity index (χ0n) is 19.2. The third kappa shape index (κ3) is 4.03. The van der Waals surface area contributed by atoms with Crippen LogP contribution >= 0.6 is 0 Å². The lowest BCUT2D eigenvalue weighted by Crippen LogP contribution is -2.41. The van der Waals surface area contributed by atoms with Crippen LogP contribution in [0.25, 0.3) is 22.5 Å². The van der Waals surface area contributed by atoms with Crippen molar-refractivity contribution in [2.75, 3.05) is 21.2 Å². The molecular formula is C23H24N4O6S. The highest BCUT2D eigenvalue weighted by Gasteiger charge is 2.21. The summed E-state index contributed by atoms with van der Waals surface area (Å²) in [4.78, 5) is 30.2. The van der Waals surface area contributed by atoms with Crippen molar-refractivity contribution in [1.29, 1.82) is 0 Å². The maximum absolute atomic E-state index is 13.0. The van der Waals surface area contributed by atoms with Gasteiger partial charge in [-0.05, 0) is 49.4 Å². The van der Waals surface area contributed by atoms with E-state index >= 15 is 0 Å². The molecule has 34 heavy (non-hydrogen) atoms. The Kier molecular flexibility index (Phi) is 6.15. The lowest BCUT2D eigenvalue weighted by Gasteiger charge is -2.16. The van der Waals surface area contributed by atoms with Crippen molar-refractivity contribution >= 4 is 21.1 Å². The molecule has 0 fully saturated rings. The van der Waals surface area contributed by atoms with Gasteiger partial charge in [-0.2, -0.15) is 0 Å². The Labute approximate surface area is 195 Å². The molecule has 4 aromatic rings. The van der Waals surface area contributed by atoms with Crippen LogP contribution in [-0.2, 0) is 23.1 Å². The van der Waals surface area contributed by atoms with Gasteiger partial charge in [-0.25, -0.2) is 17.7 Å². The number of aromatic nitrogens is 3. The summed E-state index contributed by atoms with van der Waals surface area (Å²) < 4.78 is 39.8. The average Bonchev–Trinajstić information content (AvgIpc) is 3.30. The fourth-order valence-electron chi connectivity index (χ4n) is 3.65. The molecule has 2 aromatic heterocycles. The van der Waals surface area contributed by atoms with Crippen LogP contribution in [0.1, 0.15) is 12.6 Å². The van der Waals surface area contributed by atoms with E-state index < -0.39 is 21.1 Å². The molecule has 0 bridgehead atoms. The molecule has 0 aliphatic heterocycles. The van der Waals surface area contributed by atoms with Crippen LogP contribution in [0.2, 0.25) is 0 Å². The van der Waals surface area contributed by atoms with Gasteiger partial charge in [-0.3, -0.25) is 14.2 Å². The predicted octanol–water partition coefficient (Wildman–Crippen LogP) is 2.15. The summed E-state index contributed by atoms with van der Waals surface area (Å²) >= 11 is 0. The van der Waals surface area contributed by atoms with Gasteiger partial charge in [0.15, 0.2) is 0 Å². The molecular weight excluding hydrogens is 460 g/mol. The van der Waals surface area contributed by atoms with Gasteiger partial charge in [0.1, 0.15) is 12.0 Å². The first kappa shape index (κ1) is 23.5. The van der Waals surface area contributed by atoms with E-state index in [4.69, 9.17) is 9.15 Å². The Bertz CT molecular complexity index is 1580. The third-order valence-electron chi connectivity index (χ3n) is 5.51. The van der Waals surface area contributed by atoms with Crippen molar-refractivity contribution in [1.82, 2.24) is 18.4 Å². The molecule has 10 nitrogen and oxygen atoms in total. The molecule has 4 rings (SSSR count). The molecule has 0 unspecified atom stereocenters. The van der Waals surface area contributed by atoms with Gasteiger partial charge in [0.25, 0.3) is 0 Å². The van der Waals surface area contributed by atoms with Gasteiger partial charge in [-0.15, -0.1) is 0 Å². The first-order chi connectivity index (χ1) is 16.2. The van der Waals surface area contributed by atoms with Gasteiger partial charge in [0.05, 0.1) is 35.3 Å². The smallest absolute Gasteiger partial charge is 0.317 e. The van der Waals surface area contributed by atoms with Crippen molar-refractivity contribution in [3.8, 4) is 17.2 Å². The van der Waals surface area contributed by atoms with Crippen LogP contribution in [0.4, 0.5) is 0 Å². The van der Waals surface area contributed by atoms with E-state index in [2.05, 4.69) is 4.98 Å². The summed E-state index contributed by atoms with van der Waals surface area (Å²) in [6.45, 7) is 1.94. The van der Waals surface area contributed by atoms with E-state index in [9.17, 15) is 18.0 Å². The topological polar surface area (TPSA) is 117 Å². The first-order valence-corrected chi connectivity index (χ1v) is 11.9. The van der Waals surface area contributed by atoms with Crippen LogP contribution in [0.3, 0.4) is 0 Å². The zero-order valence-corrected chi connectivity index (χ0v) is 20.0.